The Morgan fingerprint density at radius 2 is 1.95 bits per heavy atom. The molecule has 4 heteroatoms. The predicted molar refractivity (Wildman–Crippen MR) is 76.3 cm³/mol. The Morgan fingerprint density at radius 3 is 2.68 bits per heavy atom. The zero-order valence-electron chi connectivity index (χ0n) is 10.8. The van der Waals surface area contributed by atoms with Crippen molar-refractivity contribution >= 4 is 17.3 Å². The summed E-state index contributed by atoms with van der Waals surface area (Å²) in [5.74, 6) is -0.0394. The first-order valence-corrected chi connectivity index (χ1v) is 6.34. The summed E-state index contributed by atoms with van der Waals surface area (Å²) < 4.78 is 13.6. The third-order valence-electron chi connectivity index (χ3n) is 3.11. The van der Waals surface area contributed by atoms with Gasteiger partial charge in [-0.25, -0.2) is 4.39 Å². The minimum Gasteiger partial charge on any atom is -0.507 e. The number of anilines is 1. The van der Waals surface area contributed by atoms with Crippen LogP contribution in [0.1, 0.15) is 16.7 Å². The van der Waals surface area contributed by atoms with Gasteiger partial charge in [-0.1, -0.05) is 17.7 Å². The second kappa shape index (κ2) is 5.49. The van der Waals surface area contributed by atoms with Crippen LogP contribution in [0.2, 0.25) is 5.02 Å². The molecule has 2 aromatic carbocycles. The van der Waals surface area contributed by atoms with E-state index in [1.54, 1.807) is 6.07 Å². The normalized spacial score (nSPS) is 10.5. The summed E-state index contributed by atoms with van der Waals surface area (Å²) in [5, 5.41) is 13.5. The van der Waals surface area contributed by atoms with Gasteiger partial charge in [0, 0.05) is 28.4 Å². The fourth-order valence-corrected chi connectivity index (χ4v) is 2.09. The molecule has 2 N–H and O–H groups in total. The lowest BCUT2D eigenvalue weighted by Crippen LogP contribution is -2.03. The van der Waals surface area contributed by atoms with E-state index in [0.717, 1.165) is 16.8 Å². The number of rotatable bonds is 3. The van der Waals surface area contributed by atoms with Gasteiger partial charge in [0.15, 0.2) is 0 Å². The summed E-state index contributed by atoms with van der Waals surface area (Å²) in [4.78, 5) is 0. The summed E-state index contributed by atoms with van der Waals surface area (Å²) >= 11 is 5.84. The molecule has 0 aliphatic rings. The van der Waals surface area contributed by atoms with Crippen LogP contribution < -0.4 is 5.32 Å². The molecule has 100 valence electrons. The van der Waals surface area contributed by atoms with Gasteiger partial charge in [-0.05, 0) is 43.7 Å². The highest BCUT2D eigenvalue weighted by atomic mass is 35.5. The van der Waals surface area contributed by atoms with Crippen LogP contribution in [-0.4, -0.2) is 5.11 Å². The molecule has 0 bridgehead atoms. The fraction of sp³-hybridized carbons (Fsp3) is 0.200. The zero-order valence-corrected chi connectivity index (χ0v) is 11.6. The molecule has 19 heavy (non-hydrogen) atoms. The van der Waals surface area contributed by atoms with E-state index in [-0.39, 0.29) is 11.6 Å². The number of halogens is 2. The van der Waals surface area contributed by atoms with Crippen LogP contribution in [0.5, 0.6) is 5.75 Å². The SMILES string of the molecule is Cc1ccc(NCc2cc(Cl)ccc2F)c(C)c1O. The van der Waals surface area contributed by atoms with E-state index < -0.39 is 0 Å². The van der Waals surface area contributed by atoms with Crippen molar-refractivity contribution < 1.29 is 9.50 Å². The third kappa shape index (κ3) is 2.99. The van der Waals surface area contributed by atoms with Crippen molar-refractivity contribution in [2.75, 3.05) is 5.32 Å². The van der Waals surface area contributed by atoms with Gasteiger partial charge in [-0.2, -0.15) is 0 Å². The van der Waals surface area contributed by atoms with Crippen LogP contribution >= 0.6 is 11.6 Å². The highest BCUT2D eigenvalue weighted by Crippen LogP contribution is 2.28. The van der Waals surface area contributed by atoms with Gasteiger partial charge in [0.2, 0.25) is 0 Å². The molecule has 0 atom stereocenters. The van der Waals surface area contributed by atoms with Crippen LogP contribution in [0.25, 0.3) is 0 Å². The molecule has 2 nitrogen and oxygen atoms in total. The topological polar surface area (TPSA) is 32.3 Å². The number of hydrogen-bond donors (Lipinski definition) is 2. The second-order valence-corrected chi connectivity index (χ2v) is 4.93. The maximum atomic E-state index is 13.6. The van der Waals surface area contributed by atoms with Crippen molar-refractivity contribution in [3.63, 3.8) is 0 Å². The van der Waals surface area contributed by atoms with E-state index in [2.05, 4.69) is 5.32 Å². The predicted octanol–water partition coefficient (Wildman–Crippen LogP) is 4.41. The van der Waals surface area contributed by atoms with Crippen LogP contribution in [-0.2, 0) is 6.54 Å². The minimum atomic E-state index is -0.300. The first kappa shape index (κ1) is 13.7. The number of nitrogens with one attached hydrogen (secondary N) is 1. The van der Waals surface area contributed by atoms with E-state index in [1.807, 2.05) is 26.0 Å². The lowest BCUT2D eigenvalue weighted by molar-refractivity contribution is 0.467. The molecule has 0 fully saturated rings. The number of phenolic OH excluding ortho intramolecular Hbond substituents is 1. The van der Waals surface area contributed by atoms with Gasteiger partial charge in [0.05, 0.1) is 0 Å². The molecule has 0 saturated carbocycles. The molecule has 0 aliphatic heterocycles. The van der Waals surface area contributed by atoms with Gasteiger partial charge < -0.3 is 10.4 Å². The summed E-state index contributed by atoms with van der Waals surface area (Å²) in [6, 6.07) is 8.14. The monoisotopic (exact) mass is 279 g/mol. The molecule has 0 heterocycles. The van der Waals surface area contributed by atoms with Crippen molar-refractivity contribution in [1.29, 1.82) is 0 Å². The Bertz CT molecular complexity index is 613. The van der Waals surface area contributed by atoms with E-state index in [4.69, 9.17) is 11.6 Å². The van der Waals surface area contributed by atoms with Gasteiger partial charge >= 0.3 is 0 Å². The van der Waals surface area contributed by atoms with Crippen molar-refractivity contribution in [2.45, 2.75) is 20.4 Å². The highest BCUT2D eigenvalue weighted by Gasteiger charge is 2.07. The molecular formula is C15H15ClFNO. The van der Waals surface area contributed by atoms with E-state index in [9.17, 15) is 9.50 Å². The first-order valence-electron chi connectivity index (χ1n) is 5.96. The van der Waals surface area contributed by atoms with Gasteiger partial charge in [0.1, 0.15) is 11.6 Å². The molecular weight excluding hydrogens is 265 g/mol. The van der Waals surface area contributed by atoms with Crippen LogP contribution in [0.15, 0.2) is 30.3 Å². The largest absolute Gasteiger partial charge is 0.507 e. The highest BCUT2D eigenvalue weighted by molar-refractivity contribution is 6.30. The zero-order chi connectivity index (χ0) is 14.0. The molecule has 0 spiro atoms. The molecule has 0 radical (unpaired) electrons. The van der Waals surface area contributed by atoms with E-state index >= 15 is 0 Å². The molecule has 0 unspecified atom stereocenters. The Kier molecular flexibility index (Phi) is 3.96. The van der Waals surface area contributed by atoms with Crippen LogP contribution in [0.3, 0.4) is 0 Å². The second-order valence-electron chi connectivity index (χ2n) is 4.49. The lowest BCUT2D eigenvalue weighted by Gasteiger charge is -2.13. The summed E-state index contributed by atoms with van der Waals surface area (Å²) in [6.07, 6.45) is 0. The summed E-state index contributed by atoms with van der Waals surface area (Å²) in [5.41, 5.74) is 2.84. The van der Waals surface area contributed by atoms with Gasteiger partial charge in [0.25, 0.3) is 0 Å². The molecule has 0 saturated heterocycles. The number of benzene rings is 2. The average molecular weight is 280 g/mol. The smallest absolute Gasteiger partial charge is 0.128 e. The number of hydrogen-bond acceptors (Lipinski definition) is 2. The standard InChI is InChI=1S/C15H15ClFNO/c1-9-3-6-14(10(2)15(9)19)18-8-11-7-12(16)4-5-13(11)17/h3-7,18-19H,8H2,1-2H3. The minimum absolute atomic E-state index is 0.261. The van der Waals surface area contributed by atoms with E-state index in [0.29, 0.717) is 17.1 Å². The fourth-order valence-electron chi connectivity index (χ4n) is 1.90. The van der Waals surface area contributed by atoms with Crippen molar-refractivity contribution in [1.82, 2.24) is 0 Å². The maximum Gasteiger partial charge on any atom is 0.128 e. The van der Waals surface area contributed by atoms with Crippen LogP contribution in [0, 0.1) is 19.7 Å². The summed E-state index contributed by atoms with van der Waals surface area (Å²) in [6.45, 7) is 3.97. The Balaban J connectivity index is 2.19. The number of aromatic hydroxyl groups is 1. The Morgan fingerprint density at radius 1 is 1.21 bits per heavy atom. The van der Waals surface area contributed by atoms with Crippen molar-refractivity contribution in [2.24, 2.45) is 0 Å². The van der Waals surface area contributed by atoms with Gasteiger partial charge in [-0.15, -0.1) is 0 Å². The average Bonchev–Trinajstić information content (AvgIpc) is 2.39. The van der Waals surface area contributed by atoms with Crippen molar-refractivity contribution in [3.05, 3.63) is 57.9 Å². The first-order chi connectivity index (χ1) is 8.99. The molecule has 0 aliphatic carbocycles. The molecule has 2 aromatic rings. The lowest BCUT2D eigenvalue weighted by atomic mass is 10.1. The Labute approximate surface area is 116 Å². The number of aryl methyl sites for hydroxylation is 1. The Hall–Kier alpha value is -1.74. The molecule has 2 rings (SSSR count). The molecule has 0 amide bonds. The van der Waals surface area contributed by atoms with Crippen molar-refractivity contribution in [3.8, 4) is 5.75 Å². The van der Waals surface area contributed by atoms with E-state index in [1.165, 1.54) is 12.1 Å². The maximum absolute atomic E-state index is 13.6. The molecule has 0 aromatic heterocycles. The third-order valence-corrected chi connectivity index (χ3v) is 3.34. The quantitative estimate of drug-likeness (QED) is 0.872. The summed E-state index contributed by atoms with van der Waals surface area (Å²) in [7, 11) is 0. The number of phenols is 1. The van der Waals surface area contributed by atoms with Gasteiger partial charge in [-0.3, -0.25) is 0 Å². The van der Waals surface area contributed by atoms with Crippen LogP contribution in [0.4, 0.5) is 10.1 Å².